The van der Waals surface area contributed by atoms with Gasteiger partial charge in [0.25, 0.3) is 0 Å². The fourth-order valence-corrected chi connectivity index (χ4v) is 2.46. The van der Waals surface area contributed by atoms with Crippen molar-refractivity contribution in [1.29, 1.82) is 0 Å². The molecule has 1 heteroatoms. The molecule has 0 aromatic rings. The average Bonchev–Trinajstić information content (AvgIpc) is 2.13. The van der Waals surface area contributed by atoms with Gasteiger partial charge in [0.05, 0.1) is 5.60 Å². The highest BCUT2D eigenvalue weighted by Gasteiger charge is 2.37. The molecule has 0 amide bonds. The fourth-order valence-electron chi connectivity index (χ4n) is 2.46. The lowest BCUT2D eigenvalue weighted by molar-refractivity contribution is -0.0580. The van der Waals surface area contributed by atoms with Crippen LogP contribution in [-0.4, -0.2) is 10.7 Å². The maximum Gasteiger partial charge on any atom is 0.0682 e. The Hall–Kier alpha value is -0.480. The first kappa shape index (κ1) is 11.6. The molecule has 1 saturated carbocycles. The summed E-state index contributed by atoms with van der Waals surface area (Å²) >= 11 is 0. The first-order valence-corrected chi connectivity index (χ1v) is 5.70. The zero-order valence-electron chi connectivity index (χ0n) is 9.64. The van der Waals surface area contributed by atoms with E-state index in [2.05, 4.69) is 25.7 Å². The van der Waals surface area contributed by atoms with E-state index in [1.807, 2.05) is 6.92 Å². The largest absolute Gasteiger partial charge is 0.390 e. The maximum absolute atomic E-state index is 10.4. The summed E-state index contributed by atoms with van der Waals surface area (Å²) in [6.45, 7) is 6.31. The molecule has 3 atom stereocenters. The van der Waals surface area contributed by atoms with Crippen LogP contribution < -0.4 is 0 Å². The Balaban J connectivity index is 2.49. The summed E-state index contributed by atoms with van der Waals surface area (Å²) in [5.41, 5.74) is -0.434. The second kappa shape index (κ2) is 4.84. The molecular weight excluding hydrogens is 172 g/mol. The number of hydrogen-bond donors (Lipinski definition) is 1. The van der Waals surface area contributed by atoms with Crippen LogP contribution in [0.2, 0.25) is 0 Å². The van der Waals surface area contributed by atoms with E-state index in [0.29, 0.717) is 5.92 Å². The molecule has 1 fully saturated rings. The van der Waals surface area contributed by atoms with Crippen LogP contribution in [0.15, 0.2) is 0 Å². The lowest BCUT2D eigenvalue weighted by Gasteiger charge is -2.40. The van der Waals surface area contributed by atoms with Gasteiger partial charge in [-0.25, -0.2) is 0 Å². The number of hydrogen-bond acceptors (Lipinski definition) is 1. The van der Waals surface area contributed by atoms with Gasteiger partial charge >= 0.3 is 0 Å². The summed E-state index contributed by atoms with van der Waals surface area (Å²) < 4.78 is 0. The highest BCUT2D eigenvalue weighted by molar-refractivity contribution is 4.99. The number of rotatable bonds is 2. The Labute approximate surface area is 87.9 Å². The van der Waals surface area contributed by atoms with Crippen molar-refractivity contribution in [2.45, 2.75) is 58.5 Å². The van der Waals surface area contributed by atoms with Gasteiger partial charge in [-0.2, -0.15) is 0 Å². The molecule has 80 valence electrons. The van der Waals surface area contributed by atoms with Gasteiger partial charge in [-0.15, -0.1) is 11.8 Å². The van der Waals surface area contributed by atoms with E-state index in [9.17, 15) is 5.11 Å². The van der Waals surface area contributed by atoms with Crippen molar-refractivity contribution in [2.24, 2.45) is 11.8 Å². The second-order valence-corrected chi connectivity index (χ2v) is 4.81. The van der Waals surface area contributed by atoms with Crippen LogP contribution >= 0.6 is 0 Å². The van der Waals surface area contributed by atoms with Crippen molar-refractivity contribution in [3.8, 4) is 11.8 Å². The zero-order chi connectivity index (χ0) is 10.6. The third-order valence-corrected chi connectivity index (χ3v) is 3.60. The summed E-state index contributed by atoms with van der Waals surface area (Å²) in [5.74, 6) is 7.14. The molecule has 0 heterocycles. The molecule has 14 heavy (non-hydrogen) atoms. The van der Waals surface area contributed by atoms with Crippen molar-refractivity contribution in [2.75, 3.05) is 0 Å². The van der Waals surface area contributed by atoms with Gasteiger partial charge in [0.2, 0.25) is 0 Å². The quantitative estimate of drug-likeness (QED) is 0.670. The van der Waals surface area contributed by atoms with Gasteiger partial charge in [-0.3, -0.25) is 0 Å². The molecule has 1 nitrogen and oxygen atoms in total. The normalized spacial score (nSPS) is 37.4. The molecule has 0 spiro atoms. The summed E-state index contributed by atoms with van der Waals surface area (Å²) in [7, 11) is 0. The standard InChI is InChI=1S/C13H22O/c1-4-5-6-8-13(14)9-7-11(2)10-12(13)3/h11-12,14H,6-10H2,1-3H3. The Bertz CT molecular complexity index is 235. The molecule has 1 aliphatic rings. The van der Waals surface area contributed by atoms with E-state index in [-0.39, 0.29) is 0 Å². The monoisotopic (exact) mass is 194 g/mol. The van der Waals surface area contributed by atoms with Gasteiger partial charge < -0.3 is 5.11 Å². The van der Waals surface area contributed by atoms with Gasteiger partial charge in [-0.05, 0) is 44.4 Å². The molecule has 0 bridgehead atoms. The van der Waals surface area contributed by atoms with E-state index in [1.54, 1.807) is 0 Å². The Kier molecular flexibility index (Phi) is 4.01. The Morgan fingerprint density at radius 3 is 2.71 bits per heavy atom. The van der Waals surface area contributed by atoms with Crippen molar-refractivity contribution in [3.63, 3.8) is 0 Å². The Morgan fingerprint density at radius 1 is 1.43 bits per heavy atom. The average molecular weight is 194 g/mol. The van der Waals surface area contributed by atoms with Crippen LogP contribution in [0.1, 0.15) is 52.9 Å². The highest BCUT2D eigenvalue weighted by atomic mass is 16.3. The molecular formula is C13H22O. The van der Waals surface area contributed by atoms with Crippen LogP contribution in [-0.2, 0) is 0 Å². The second-order valence-electron chi connectivity index (χ2n) is 4.81. The van der Waals surface area contributed by atoms with E-state index in [0.717, 1.165) is 31.6 Å². The topological polar surface area (TPSA) is 20.2 Å². The minimum absolute atomic E-state index is 0.434. The van der Waals surface area contributed by atoms with E-state index in [1.165, 1.54) is 6.42 Å². The summed E-state index contributed by atoms with van der Waals surface area (Å²) in [5, 5.41) is 10.4. The van der Waals surface area contributed by atoms with E-state index in [4.69, 9.17) is 0 Å². The summed E-state index contributed by atoms with van der Waals surface area (Å²) in [6, 6.07) is 0. The Morgan fingerprint density at radius 2 is 2.14 bits per heavy atom. The molecule has 0 aromatic carbocycles. The molecule has 0 aliphatic heterocycles. The van der Waals surface area contributed by atoms with Crippen molar-refractivity contribution in [1.82, 2.24) is 0 Å². The van der Waals surface area contributed by atoms with Crippen molar-refractivity contribution < 1.29 is 5.11 Å². The number of aliphatic hydroxyl groups is 1. The summed E-state index contributed by atoms with van der Waals surface area (Å²) in [6.07, 6.45) is 4.98. The molecule has 0 aromatic heterocycles. The van der Waals surface area contributed by atoms with E-state index < -0.39 is 5.60 Å². The summed E-state index contributed by atoms with van der Waals surface area (Å²) in [4.78, 5) is 0. The molecule has 3 unspecified atom stereocenters. The van der Waals surface area contributed by atoms with Crippen molar-refractivity contribution >= 4 is 0 Å². The third-order valence-electron chi connectivity index (χ3n) is 3.60. The van der Waals surface area contributed by atoms with Gasteiger partial charge in [0.15, 0.2) is 0 Å². The highest BCUT2D eigenvalue weighted by Crippen LogP contribution is 2.39. The van der Waals surface area contributed by atoms with Crippen LogP contribution in [0.5, 0.6) is 0 Å². The maximum atomic E-state index is 10.4. The molecule has 1 aliphatic carbocycles. The first-order chi connectivity index (χ1) is 6.58. The lowest BCUT2D eigenvalue weighted by atomic mass is 9.70. The van der Waals surface area contributed by atoms with Crippen LogP contribution in [0.4, 0.5) is 0 Å². The van der Waals surface area contributed by atoms with Crippen molar-refractivity contribution in [3.05, 3.63) is 0 Å². The van der Waals surface area contributed by atoms with Gasteiger partial charge in [0.1, 0.15) is 0 Å². The fraction of sp³-hybridized carbons (Fsp3) is 0.846. The minimum atomic E-state index is -0.434. The van der Waals surface area contributed by atoms with Crippen LogP contribution in [0, 0.1) is 23.7 Å². The lowest BCUT2D eigenvalue weighted by Crippen LogP contribution is -2.41. The first-order valence-electron chi connectivity index (χ1n) is 5.70. The predicted molar refractivity (Wildman–Crippen MR) is 59.8 cm³/mol. The predicted octanol–water partition coefficient (Wildman–Crippen LogP) is 2.98. The molecule has 1 N–H and O–H groups in total. The molecule has 1 rings (SSSR count). The third kappa shape index (κ3) is 2.75. The van der Waals surface area contributed by atoms with E-state index >= 15 is 0 Å². The van der Waals surface area contributed by atoms with Crippen LogP contribution in [0.25, 0.3) is 0 Å². The van der Waals surface area contributed by atoms with Crippen LogP contribution in [0.3, 0.4) is 0 Å². The molecule has 0 saturated heterocycles. The minimum Gasteiger partial charge on any atom is -0.390 e. The molecule has 0 radical (unpaired) electrons. The SMILES string of the molecule is CC#CCCC1(O)CCC(C)CC1C. The van der Waals surface area contributed by atoms with Gasteiger partial charge in [-0.1, -0.05) is 13.8 Å². The smallest absolute Gasteiger partial charge is 0.0682 e. The van der Waals surface area contributed by atoms with Gasteiger partial charge in [0, 0.05) is 6.42 Å². The zero-order valence-corrected chi connectivity index (χ0v) is 9.64.